The van der Waals surface area contributed by atoms with Crippen LogP contribution in [0.25, 0.3) is 0 Å². The van der Waals surface area contributed by atoms with E-state index in [9.17, 15) is 9.59 Å². The Labute approximate surface area is 110 Å². The average Bonchev–Trinajstić information content (AvgIpc) is 2.90. The zero-order valence-corrected chi connectivity index (χ0v) is 10.7. The molecule has 19 heavy (non-hydrogen) atoms. The second kappa shape index (κ2) is 5.34. The van der Waals surface area contributed by atoms with Crippen molar-refractivity contribution < 1.29 is 9.59 Å². The lowest BCUT2D eigenvalue weighted by Crippen LogP contribution is -2.26. The number of carbonyl (C=O) groups excluding carboxylic acids is 2. The Hall–Kier alpha value is -2.63. The van der Waals surface area contributed by atoms with E-state index in [0.717, 1.165) is 0 Å². The monoisotopic (exact) mass is 258 g/mol. The molecule has 2 N–H and O–H groups in total. The molecule has 0 bridgehead atoms. The molecule has 6 nitrogen and oxygen atoms in total. The zero-order valence-electron chi connectivity index (χ0n) is 10.7. The maximum atomic E-state index is 12.2. The van der Waals surface area contributed by atoms with Gasteiger partial charge in [-0.1, -0.05) is 12.1 Å². The van der Waals surface area contributed by atoms with Gasteiger partial charge in [0.2, 0.25) is 5.91 Å². The van der Waals surface area contributed by atoms with Crippen LogP contribution in [0, 0.1) is 0 Å². The molecule has 98 valence electrons. The maximum Gasteiger partial charge on any atom is 0.257 e. The number of rotatable bonds is 3. The quantitative estimate of drug-likeness (QED) is 0.878. The summed E-state index contributed by atoms with van der Waals surface area (Å²) >= 11 is 0. The first-order valence-electron chi connectivity index (χ1n) is 5.73. The highest BCUT2D eigenvalue weighted by atomic mass is 16.2. The van der Waals surface area contributed by atoms with Crippen LogP contribution in [0.4, 0.5) is 11.4 Å². The Bertz CT molecular complexity index is 592. The SMILES string of the molecule is CC(=O)N(C)c1ccccc1C(=O)Nc1cn[nH]c1. The fraction of sp³-hybridized carbons (Fsp3) is 0.154. The molecule has 1 aromatic carbocycles. The van der Waals surface area contributed by atoms with Crippen LogP contribution in [0.5, 0.6) is 0 Å². The number of nitrogens with one attached hydrogen (secondary N) is 2. The Morgan fingerprint density at radius 1 is 1.32 bits per heavy atom. The Morgan fingerprint density at radius 3 is 2.68 bits per heavy atom. The number of benzene rings is 1. The lowest BCUT2D eigenvalue weighted by molar-refractivity contribution is -0.116. The van der Waals surface area contributed by atoms with Gasteiger partial charge in [-0.2, -0.15) is 5.10 Å². The summed E-state index contributed by atoms with van der Waals surface area (Å²) in [4.78, 5) is 25.0. The number of para-hydroxylation sites is 1. The maximum absolute atomic E-state index is 12.2. The van der Waals surface area contributed by atoms with Crippen molar-refractivity contribution in [3.63, 3.8) is 0 Å². The standard InChI is InChI=1S/C13H14N4O2/c1-9(18)17(2)12-6-4-3-5-11(12)13(19)16-10-7-14-15-8-10/h3-8H,1-2H3,(H,14,15)(H,16,19). The van der Waals surface area contributed by atoms with Crippen LogP contribution in [0.15, 0.2) is 36.7 Å². The van der Waals surface area contributed by atoms with Gasteiger partial charge >= 0.3 is 0 Å². The first-order chi connectivity index (χ1) is 9.09. The van der Waals surface area contributed by atoms with Crippen LogP contribution >= 0.6 is 0 Å². The van der Waals surface area contributed by atoms with Crippen LogP contribution in [-0.2, 0) is 4.79 Å². The molecule has 0 aliphatic carbocycles. The summed E-state index contributed by atoms with van der Waals surface area (Å²) in [5, 5.41) is 9.07. The summed E-state index contributed by atoms with van der Waals surface area (Å²) in [5.74, 6) is -0.423. The highest BCUT2D eigenvalue weighted by Gasteiger charge is 2.16. The van der Waals surface area contributed by atoms with Gasteiger partial charge in [-0.3, -0.25) is 14.7 Å². The zero-order chi connectivity index (χ0) is 13.8. The van der Waals surface area contributed by atoms with Crippen molar-refractivity contribution in [1.82, 2.24) is 10.2 Å². The minimum Gasteiger partial charge on any atom is -0.319 e. The topological polar surface area (TPSA) is 78.1 Å². The van der Waals surface area contributed by atoms with Crippen molar-refractivity contribution in [2.24, 2.45) is 0 Å². The third-order valence-corrected chi connectivity index (χ3v) is 2.74. The van der Waals surface area contributed by atoms with Gasteiger partial charge in [-0.25, -0.2) is 0 Å². The Kier molecular flexibility index (Phi) is 3.61. The van der Waals surface area contributed by atoms with Gasteiger partial charge in [-0.05, 0) is 12.1 Å². The molecule has 0 fully saturated rings. The third-order valence-electron chi connectivity index (χ3n) is 2.74. The molecule has 6 heteroatoms. The smallest absolute Gasteiger partial charge is 0.257 e. The van der Waals surface area contributed by atoms with Gasteiger partial charge in [0.1, 0.15) is 0 Å². The number of anilines is 2. The van der Waals surface area contributed by atoms with Crippen molar-refractivity contribution >= 4 is 23.2 Å². The summed E-state index contributed by atoms with van der Waals surface area (Å²) in [7, 11) is 1.63. The van der Waals surface area contributed by atoms with Gasteiger partial charge in [0, 0.05) is 20.2 Å². The van der Waals surface area contributed by atoms with Crippen LogP contribution in [-0.4, -0.2) is 29.1 Å². The number of hydrogen-bond donors (Lipinski definition) is 2. The summed E-state index contributed by atoms with van der Waals surface area (Å²) in [6.07, 6.45) is 3.09. The van der Waals surface area contributed by atoms with E-state index < -0.39 is 0 Å². The molecule has 0 aliphatic rings. The van der Waals surface area contributed by atoms with E-state index in [-0.39, 0.29) is 11.8 Å². The first-order valence-corrected chi connectivity index (χ1v) is 5.73. The number of aromatic amines is 1. The fourth-order valence-electron chi connectivity index (χ4n) is 1.65. The molecule has 1 aromatic heterocycles. The van der Waals surface area contributed by atoms with E-state index in [1.165, 1.54) is 18.0 Å². The Morgan fingerprint density at radius 2 is 2.05 bits per heavy atom. The predicted molar refractivity (Wildman–Crippen MR) is 72.1 cm³/mol. The van der Waals surface area contributed by atoms with Crippen LogP contribution in [0.2, 0.25) is 0 Å². The van der Waals surface area contributed by atoms with Gasteiger partial charge in [0.15, 0.2) is 0 Å². The molecule has 0 radical (unpaired) electrons. The summed E-state index contributed by atoms with van der Waals surface area (Å²) < 4.78 is 0. The van der Waals surface area contributed by atoms with E-state index in [1.807, 2.05) is 0 Å². The van der Waals surface area contributed by atoms with Gasteiger partial charge in [0.25, 0.3) is 5.91 Å². The molecule has 0 unspecified atom stereocenters. The van der Waals surface area contributed by atoms with E-state index in [0.29, 0.717) is 16.9 Å². The lowest BCUT2D eigenvalue weighted by atomic mass is 10.1. The minimum atomic E-state index is -0.287. The van der Waals surface area contributed by atoms with Gasteiger partial charge in [0.05, 0.1) is 23.1 Å². The van der Waals surface area contributed by atoms with Gasteiger partial charge in [-0.15, -0.1) is 0 Å². The second-order valence-corrected chi connectivity index (χ2v) is 4.04. The molecule has 0 aliphatic heterocycles. The van der Waals surface area contributed by atoms with Crippen molar-refractivity contribution in [1.29, 1.82) is 0 Å². The highest BCUT2D eigenvalue weighted by molar-refractivity contribution is 6.10. The molecule has 0 spiro atoms. The summed E-state index contributed by atoms with van der Waals surface area (Å²) in [5.41, 5.74) is 1.57. The first kappa shape index (κ1) is 12.8. The van der Waals surface area contributed by atoms with E-state index >= 15 is 0 Å². The summed E-state index contributed by atoms with van der Waals surface area (Å²) in [6, 6.07) is 6.93. The van der Waals surface area contributed by atoms with Crippen molar-refractivity contribution in [3.05, 3.63) is 42.2 Å². The van der Waals surface area contributed by atoms with Crippen LogP contribution in [0.1, 0.15) is 17.3 Å². The predicted octanol–water partition coefficient (Wildman–Crippen LogP) is 1.64. The average molecular weight is 258 g/mol. The molecule has 0 saturated carbocycles. The van der Waals surface area contributed by atoms with Gasteiger partial charge < -0.3 is 10.2 Å². The number of nitrogens with zero attached hydrogens (tertiary/aromatic N) is 2. The normalized spacial score (nSPS) is 10.0. The molecule has 2 rings (SSSR count). The summed E-state index contributed by atoms with van der Waals surface area (Å²) in [6.45, 7) is 1.45. The fourth-order valence-corrected chi connectivity index (χ4v) is 1.65. The molecular formula is C13H14N4O2. The molecule has 0 saturated heterocycles. The second-order valence-electron chi connectivity index (χ2n) is 4.04. The van der Waals surface area contributed by atoms with E-state index in [2.05, 4.69) is 15.5 Å². The van der Waals surface area contributed by atoms with Crippen LogP contribution < -0.4 is 10.2 Å². The van der Waals surface area contributed by atoms with Crippen molar-refractivity contribution in [2.75, 3.05) is 17.3 Å². The molecule has 2 amide bonds. The molecule has 2 aromatic rings. The molecule has 1 heterocycles. The van der Waals surface area contributed by atoms with Crippen molar-refractivity contribution in [2.45, 2.75) is 6.92 Å². The molecular weight excluding hydrogens is 244 g/mol. The number of hydrogen-bond acceptors (Lipinski definition) is 3. The number of aromatic nitrogens is 2. The van der Waals surface area contributed by atoms with Crippen molar-refractivity contribution in [3.8, 4) is 0 Å². The van der Waals surface area contributed by atoms with Crippen LogP contribution in [0.3, 0.4) is 0 Å². The number of H-pyrrole nitrogens is 1. The third kappa shape index (κ3) is 2.79. The minimum absolute atomic E-state index is 0.136. The molecule has 0 atom stereocenters. The van der Waals surface area contributed by atoms with E-state index in [1.54, 1.807) is 37.5 Å². The highest BCUT2D eigenvalue weighted by Crippen LogP contribution is 2.20. The Balaban J connectivity index is 2.29. The number of carbonyl (C=O) groups is 2. The van der Waals surface area contributed by atoms with E-state index in [4.69, 9.17) is 0 Å². The number of amides is 2. The largest absolute Gasteiger partial charge is 0.319 e. The lowest BCUT2D eigenvalue weighted by Gasteiger charge is -2.18.